The third-order valence-electron chi connectivity index (χ3n) is 4.72. The molecule has 2 atom stereocenters. The second kappa shape index (κ2) is 4.83. The number of anilines is 1. The number of carbonyl (C=O) groups is 1. The smallest absolute Gasteiger partial charge is 0.317 e. The van der Waals surface area contributed by atoms with Gasteiger partial charge in [-0.25, -0.2) is 14.8 Å². The predicted molar refractivity (Wildman–Crippen MR) is 85.0 cm³/mol. The van der Waals surface area contributed by atoms with Gasteiger partial charge in [0.1, 0.15) is 0 Å². The lowest BCUT2D eigenvalue weighted by Gasteiger charge is -2.36. The predicted octanol–water partition coefficient (Wildman–Crippen LogP) is 1.54. The van der Waals surface area contributed by atoms with Gasteiger partial charge < -0.3 is 15.1 Å². The molecular formula is C16H19N5O. The van der Waals surface area contributed by atoms with Gasteiger partial charge in [-0.05, 0) is 25.5 Å². The van der Waals surface area contributed by atoms with Crippen molar-refractivity contribution in [1.29, 1.82) is 0 Å². The first kappa shape index (κ1) is 13.3. The molecule has 6 nitrogen and oxygen atoms in total. The summed E-state index contributed by atoms with van der Waals surface area (Å²) in [5.41, 5.74) is 2.78. The number of fused-ring (bicyclic) bond motifs is 2. The quantitative estimate of drug-likeness (QED) is 0.867. The van der Waals surface area contributed by atoms with Gasteiger partial charge in [0.05, 0.1) is 28.8 Å². The lowest BCUT2D eigenvalue weighted by atomic mass is 10.00. The number of likely N-dealkylation sites (N-methyl/N-ethyl adjacent to an activating group) is 1. The molecule has 4 rings (SSSR count). The second-order valence-corrected chi connectivity index (χ2v) is 6.09. The number of para-hydroxylation sites is 2. The summed E-state index contributed by atoms with van der Waals surface area (Å²) in [6.07, 6.45) is 0.952. The fourth-order valence-corrected chi connectivity index (χ4v) is 3.53. The molecule has 2 aromatic rings. The van der Waals surface area contributed by atoms with Gasteiger partial charge in [-0.1, -0.05) is 12.1 Å². The lowest BCUT2D eigenvalue weighted by molar-refractivity contribution is 0.212. The molecule has 2 aliphatic heterocycles. The molecule has 2 aliphatic rings. The van der Waals surface area contributed by atoms with E-state index in [1.165, 1.54) is 0 Å². The molecule has 22 heavy (non-hydrogen) atoms. The van der Waals surface area contributed by atoms with Gasteiger partial charge in [0.2, 0.25) is 0 Å². The summed E-state index contributed by atoms with van der Waals surface area (Å²) < 4.78 is 0. The summed E-state index contributed by atoms with van der Waals surface area (Å²) in [6.45, 7) is 3.68. The number of rotatable bonds is 1. The Hall–Kier alpha value is -2.37. The molecule has 1 aromatic carbocycles. The zero-order valence-corrected chi connectivity index (χ0v) is 12.8. The van der Waals surface area contributed by atoms with Crippen molar-refractivity contribution in [3.8, 4) is 0 Å². The van der Waals surface area contributed by atoms with Gasteiger partial charge in [0.25, 0.3) is 0 Å². The van der Waals surface area contributed by atoms with Crippen LogP contribution in [-0.2, 0) is 0 Å². The highest BCUT2D eigenvalue weighted by Crippen LogP contribution is 2.27. The maximum Gasteiger partial charge on any atom is 0.317 e. The number of hydrogen-bond donors (Lipinski definition) is 1. The van der Waals surface area contributed by atoms with Crippen LogP contribution in [0.4, 0.5) is 10.6 Å². The average Bonchev–Trinajstić information content (AvgIpc) is 2.81. The largest absolute Gasteiger partial charge is 0.353 e. The summed E-state index contributed by atoms with van der Waals surface area (Å²) in [5, 5.41) is 3.06. The number of aryl methyl sites for hydroxylation is 1. The summed E-state index contributed by atoms with van der Waals surface area (Å²) in [4.78, 5) is 25.3. The Morgan fingerprint density at radius 3 is 2.73 bits per heavy atom. The number of nitrogens with zero attached hydrogens (tertiary/aromatic N) is 4. The van der Waals surface area contributed by atoms with E-state index in [-0.39, 0.29) is 18.1 Å². The Bertz CT molecular complexity index is 746. The highest BCUT2D eigenvalue weighted by Gasteiger charge is 2.41. The minimum atomic E-state index is 0.0261. The van der Waals surface area contributed by atoms with Gasteiger partial charge in [-0.15, -0.1) is 0 Å². The maximum atomic E-state index is 11.8. The zero-order chi connectivity index (χ0) is 15.3. The van der Waals surface area contributed by atoms with Crippen molar-refractivity contribution in [2.24, 2.45) is 0 Å². The highest BCUT2D eigenvalue weighted by molar-refractivity contribution is 5.78. The molecule has 1 aromatic heterocycles. The van der Waals surface area contributed by atoms with Crippen molar-refractivity contribution in [3.63, 3.8) is 0 Å². The van der Waals surface area contributed by atoms with E-state index in [9.17, 15) is 4.79 Å². The minimum Gasteiger partial charge on any atom is -0.353 e. The average molecular weight is 297 g/mol. The molecule has 3 heterocycles. The number of hydrogen-bond acceptors (Lipinski definition) is 4. The van der Waals surface area contributed by atoms with Crippen LogP contribution in [0.25, 0.3) is 11.0 Å². The molecule has 0 aliphatic carbocycles. The summed E-state index contributed by atoms with van der Waals surface area (Å²) in [5.74, 6) is 0.931. The standard InChI is InChI=1S/C16H19N5O/c1-10-15(18-12-6-4-3-5-11(12)17-10)21-8-7-14-13(9-21)19-16(22)20(14)2/h3-6,13-14H,7-9H2,1-2H3,(H,19,22)/t13-,14+/m1/s1. The van der Waals surface area contributed by atoms with Crippen molar-refractivity contribution in [2.45, 2.75) is 25.4 Å². The summed E-state index contributed by atoms with van der Waals surface area (Å²) in [7, 11) is 1.87. The molecule has 0 saturated carbocycles. The Kier molecular flexibility index (Phi) is 2.92. The van der Waals surface area contributed by atoms with E-state index in [0.717, 1.165) is 42.1 Å². The van der Waals surface area contributed by atoms with Crippen LogP contribution < -0.4 is 10.2 Å². The molecule has 2 saturated heterocycles. The normalized spacial score (nSPS) is 24.5. The molecule has 6 heteroatoms. The van der Waals surface area contributed by atoms with Gasteiger partial charge in [-0.3, -0.25) is 0 Å². The van der Waals surface area contributed by atoms with Crippen molar-refractivity contribution in [1.82, 2.24) is 20.2 Å². The number of nitrogens with one attached hydrogen (secondary N) is 1. The van der Waals surface area contributed by atoms with E-state index in [2.05, 4.69) is 15.2 Å². The SMILES string of the molecule is Cc1nc2ccccc2nc1N1CC[C@H]2[C@@H](C1)NC(=O)N2C. The first-order valence-electron chi connectivity index (χ1n) is 7.65. The number of urea groups is 1. The molecule has 0 unspecified atom stereocenters. The minimum absolute atomic E-state index is 0.0261. The van der Waals surface area contributed by atoms with Gasteiger partial charge in [0, 0.05) is 20.1 Å². The number of amides is 2. The zero-order valence-electron chi connectivity index (χ0n) is 12.8. The number of benzene rings is 1. The van der Waals surface area contributed by atoms with E-state index in [0.29, 0.717) is 0 Å². The van der Waals surface area contributed by atoms with Crippen molar-refractivity contribution < 1.29 is 4.79 Å². The summed E-state index contributed by atoms with van der Waals surface area (Å²) >= 11 is 0. The molecule has 1 N–H and O–H groups in total. The van der Waals surface area contributed by atoms with Crippen LogP contribution in [0.1, 0.15) is 12.1 Å². The topological polar surface area (TPSA) is 61.4 Å². The highest BCUT2D eigenvalue weighted by atomic mass is 16.2. The van der Waals surface area contributed by atoms with E-state index in [4.69, 9.17) is 4.98 Å². The summed E-state index contributed by atoms with van der Waals surface area (Å²) in [6, 6.07) is 8.41. The van der Waals surface area contributed by atoms with Crippen molar-refractivity contribution in [2.75, 3.05) is 25.0 Å². The lowest BCUT2D eigenvalue weighted by Crippen LogP contribution is -2.51. The van der Waals surface area contributed by atoms with Crippen molar-refractivity contribution in [3.05, 3.63) is 30.0 Å². The Morgan fingerprint density at radius 1 is 1.23 bits per heavy atom. The fourth-order valence-electron chi connectivity index (χ4n) is 3.53. The van der Waals surface area contributed by atoms with Gasteiger partial charge >= 0.3 is 6.03 Å². The van der Waals surface area contributed by atoms with Crippen LogP contribution in [-0.4, -0.2) is 53.1 Å². The Balaban J connectivity index is 1.65. The monoisotopic (exact) mass is 297 g/mol. The van der Waals surface area contributed by atoms with Gasteiger partial charge in [-0.2, -0.15) is 0 Å². The number of piperidine rings is 1. The van der Waals surface area contributed by atoms with Crippen LogP contribution in [0.5, 0.6) is 0 Å². The molecular weight excluding hydrogens is 278 g/mol. The molecule has 0 radical (unpaired) electrons. The van der Waals surface area contributed by atoms with Crippen LogP contribution in [0.2, 0.25) is 0 Å². The molecule has 114 valence electrons. The molecule has 2 amide bonds. The van der Waals surface area contributed by atoms with E-state index in [1.807, 2.05) is 43.1 Å². The number of carbonyl (C=O) groups excluding carboxylic acids is 1. The third kappa shape index (κ3) is 1.98. The fraction of sp³-hybridized carbons (Fsp3) is 0.438. The van der Waals surface area contributed by atoms with E-state index >= 15 is 0 Å². The van der Waals surface area contributed by atoms with Crippen LogP contribution in [0.3, 0.4) is 0 Å². The van der Waals surface area contributed by atoms with Gasteiger partial charge in [0.15, 0.2) is 5.82 Å². The van der Waals surface area contributed by atoms with Crippen molar-refractivity contribution >= 4 is 22.9 Å². The third-order valence-corrected chi connectivity index (χ3v) is 4.72. The van der Waals surface area contributed by atoms with Crippen LogP contribution in [0.15, 0.2) is 24.3 Å². The first-order valence-corrected chi connectivity index (χ1v) is 7.65. The molecule has 0 bridgehead atoms. The second-order valence-electron chi connectivity index (χ2n) is 6.09. The van der Waals surface area contributed by atoms with Crippen LogP contribution >= 0.6 is 0 Å². The van der Waals surface area contributed by atoms with E-state index in [1.54, 1.807) is 0 Å². The molecule has 0 spiro atoms. The Morgan fingerprint density at radius 2 is 1.95 bits per heavy atom. The number of aromatic nitrogens is 2. The maximum absolute atomic E-state index is 11.8. The van der Waals surface area contributed by atoms with E-state index < -0.39 is 0 Å². The molecule has 2 fully saturated rings. The first-order chi connectivity index (χ1) is 10.6. The Labute approximate surface area is 129 Å². The van der Waals surface area contributed by atoms with Crippen LogP contribution in [0, 0.1) is 6.92 Å².